The molecule has 0 amide bonds. The highest BCUT2D eigenvalue weighted by atomic mass is 14.9. The summed E-state index contributed by atoms with van der Waals surface area (Å²) in [5, 5.41) is 3.48. The third-order valence-electron chi connectivity index (χ3n) is 2.81. The molecule has 1 heteroatoms. The van der Waals surface area contributed by atoms with Crippen molar-refractivity contribution in [1.29, 1.82) is 0 Å². The number of hydrogen-bond donors (Lipinski definition) is 1. The van der Waals surface area contributed by atoms with Crippen LogP contribution in [0.15, 0.2) is 42.5 Å². The van der Waals surface area contributed by atoms with Gasteiger partial charge in [-0.3, -0.25) is 0 Å². The molecule has 1 nitrogen and oxygen atoms in total. The Morgan fingerprint density at radius 1 is 0.750 bits per heavy atom. The average molecular weight is 211 g/mol. The van der Waals surface area contributed by atoms with Crippen molar-refractivity contribution in [3.05, 3.63) is 59.2 Å². The summed E-state index contributed by atoms with van der Waals surface area (Å²) in [5.41, 5.74) is 6.18. The summed E-state index contributed by atoms with van der Waals surface area (Å²) < 4.78 is 0. The molecule has 2 aromatic carbocycles. The Morgan fingerprint density at radius 2 is 1.44 bits per heavy atom. The van der Waals surface area contributed by atoms with Gasteiger partial charge in [-0.2, -0.15) is 0 Å². The first-order valence-corrected chi connectivity index (χ1v) is 5.57. The van der Waals surface area contributed by atoms with Gasteiger partial charge >= 0.3 is 0 Å². The first kappa shape index (κ1) is 10.7. The van der Waals surface area contributed by atoms with E-state index in [9.17, 15) is 0 Å². The van der Waals surface area contributed by atoms with Gasteiger partial charge in [-0.25, -0.2) is 0 Å². The van der Waals surface area contributed by atoms with Crippen LogP contribution in [0.25, 0.3) is 0 Å². The smallest absolute Gasteiger partial charge is 0.0416 e. The van der Waals surface area contributed by atoms with E-state index in [4.69, 9.17) is 0 Å². The molecule has 2 rings (SSSR count). The summed E-state index contributed by atoms with van der Waals surface area (Å²) >= 11 is 0. The van der Waals surface area contributed by atoms with Gasteiger partial charge in [0.15, 0.2) is 0 Å². The van der Waals surface area contributed by atoms with E-state index in [0.29, 0.717) is 0 Å². The maximum atomic E-state index is 3.48. The molecule has 1 N–H and O–H groups in total. The minimum atomic E-state index is 1.18. The largest absolute Gasteiger partial charge is 0.355 e. The minimum absolute atomic E-state index is 1.18. The van der Waals surface area contributed by atoms with Crippen LogP contribution in [0.2, 0.25) is 0 Å². The van der Waals surface area contributed by atoms with Gasteiger partial charge in [0, 0.05) is 11.4 Å². The van der Waals surface area contributed by atoms with E-state index in [1.807, 2.05) is 0 Å². The molecule has 16 heavy (non-hydrogen) atoms. The molecule has 0 saturated heterocycles. The quantitative estimate of drug-likeness (QED) is 0.778. The fourth-order valence-corrected chi connectivity index (χ4v) is 1.73. The lowest BCUT2D eigenvalue weighted by Crippen LogP contribution is -1.95. The van der Waals surface area contributed by atoms with Crippen LogP contribution in [0, 0.1) is 20.8 Å². The van der Waals surface area contributed by atoms with Gasteiger partial charge in [0.05, 0.1) is 0 Å². The second kappa shape index (κ2) is 4.40. The predicted octanol–water partition coefficient (Wildman–Crippen LogP) is 4.36. The van der Waals surface area contributed by atoms with Crippen LogP contribution in [0.1, 0.15) is 16.7 Å². The van der Waals surface area contributed by atoms with Crippen molar-refractivity contribution >= 4 is 11.4 Å². The van der Waals surface area contributed by atoms with Crippen LogP contribution in [0.5, 0.6) is 0 Å². The van der Waals surface area contributed by atoms with Crippen LogP contribution < -0.4 is 5.32 Å². The molecule has 0 fully saturated rings. The summed E-state index contributed by atoms with van der Waals surface area (Å²) in [6, 6.07) is 14.8. The summed E-state index contributed by atoms with van der Waals surface area (Å²) in [6.45, 7) is 6.36. The van der Waals surface area contributed by atoms with E-state index < -0.39 is 0 Å². The van der Waals surface area contributed by atoms with Crippen molar-refractivity contribution in [2.75, 3.05) is 5.32 Å². The molecule has 0 atom stereocenters. The summed E-state index contributed by atoms with van der Waals surface area (Å²) in [6.07, 6.45) is 0. The monoisotopic (exact) mass is 211 g/mol. The number of hydrogen-bond acceptors (Lipinski definition) is 1. The van der Waals surface area contributed by atoms with Gasteiger partial charge in [0.25, 0.3) is 0 Å². The standard InChI is InChI=1S/C15H17N/c1-11-8-9-13(3)15(10-11)16-14-7-5-4-6-12(14)2/h4-10,16H,1-3H3. The molecule has 0 radical (unpaired) electrons. The number of benzene rings is 2. The number of aryl methyl sites for hydroxylation is 3. The number of anilines is 2. The second-order valence-corrected chi connectivity index (χ2v) is 4.26. The van der Waals surface area contributed by atoms with Crippen molar-refractivity contribution in [2.45, 2.75) is 20.8 Å². The molecule has 0 unspecified atom stereocenters. The molecule has 2 aromatic rings. The lowest BCUT2D eigenvalue weighted by Gasteiger charge is -2.12. The molecule has 0 saturated carbocycles. The Hall–Kier alpha value is -1.76. The van der Waals surface area contributed by atoms with Gasteiger partial charge in [0.2, 0.25) is 0 Å². The molecule has 0 aliphatic heterocycles. The summed E-state index contributed by atoms with van der Waals surface area (Å²) in [4.78, 5) is 0. The third kappa shape index (κ3) is 2.25. The van der Waals surface area contributed by atoms with Gasteiger partial charge in [-0.1, -0.05) is 30.3 Å². The highest BCUT2D eigenvalue weighted by Crippen LogP contribution is 2.23. The van der Waals surface area contributed by atoms with Crippen LogP contribution in [-0.2, 0) is 0 Å². The molecule has 0 bridgehead atoms. The lowest BCUT2D eigenvalue weighted by molar-refractivity contribution is 1.36. The molecule has 0 aliphatic rings. The van der Waals surface area contributed by atoms with Gasteiger partial charge in [0.1, 0.15) is 0 Å². The Labute approximate surface area is 97.1 Å². The Balaban J connectivity index is 2.34. The van der Waals surface area contributed by atoms with Crippen molar-refractivity contribution in [3.63, 3.8) is 0 Å². The molecular weight excluding hydrogens is 194 g/mol. The summed E-state index contributed by atoms with van der Waals surface area (Å²) in [7, 11) is 0. The predicted molar refractivity (Wildman–Crippen MR) is 70.4 cm³/mol. The van der Waals surface area contributed by atoms with E-state index in [0.717, 1.165) is 0 Å². The molecule has 82 valence electrons. The number of rotatable bonds is 2. The molecule has 0 spiro atoms. The molecular formula is C15H17N. The topological polar surface area (TPSA) is 12.0 Å². The zero-order chi connectivity index (χ0) is 11.5. The highest BCUT2D eigenvalue weighted by Gasteiger charge is 2.01. The Bertz CT molecular complexity index is 501. The first-order chi connectivity index (χ1) is 7.66. The van der Waals surface area contributed by atoms with E-state index in [-0.39, 0.29) is 0 Å². The highest BCUT2D eigenvalue weighted by molar-refractivity contribution is 5.66. The lowest BCUT2D eigenvalue weighted by atomic mass is 10.1. The van der Waals surface area contributed by atoms with Crippen molar-refractivity contribution in [1.82, 2.24) is 0 Å². The maximum absolute atomic E-state index is 3.48. The van der Waals surface area contributed by atoms with Crippen molar-refractivity contribution in [3.8, 4) is 0 Å². The van der Waals surface area contributed by atoms with Crippen LogP contribution in [0.4, 0.5) is 11.4 Å². The second-order valence-electron chi connectivity index (χ2n) is 4.26. The van der Waals surface area contributed by atoms with E-state index in [1.165, 1.54) is 28.1 Å². The Kier molecular flexibility index (Phi) is 2.95. The Morgan fingerprint density at radius 3 is 2.19 bits per heavy atom. The van der Waals surface area contributed by atoms with Crippen molar-refractivity contribution < 1.29 is 0 Å². The maximum Gasteiger partial charge on any atom is 0.0416 e. The third-order valence-corrected chi connectivity index (χ3v) is 2.81. The normalized spacial score (nSPS) is 10.2. The minimum Gasteiger partial charge on any atom is -0.355 e. The van der Waals surface area contributed by atoms with E-state index in [1.54, 1.807) is 0 Å². The number of para-hydroxylation sites is 1. The van der Waals surface area contributed by atoms with Crippen LogP contribution >= 0.6 is 0 Å². The van der Waals surface area contributed by atoms with Gasteiger partial charge < -0.3 is 5.32 Å². The van der Waals surface area contributed by atoms with Crippen LogP contribution in [-0.4, -0.2) is 0 Å². The first-order valence-electron chi connectivity index (χ1n) is 5.57. The van der Waals surface area contributed by atoms with E-state index in [2.05, 4.69) is 68.6 Å². The summed E-state index contributed by atoms with van der Waals surface area (Å²) in [5.74, 6) is 0. The molecule has 0 aromatic heterocycles. The van der Waals surface area contributed by atoms with Gasteiger partial charge in [-0.15, -0.1) is 0 Å². The zero-order valence-corrected chi connectivity index (χ0v) is 10.0. The fraction of sp³-hybridized carbons (Fsp3) is 0.200. The van der Waals surface area contributed by atoms with Crippen molar-refractivity contribution in [2.24, 2.45) is 0 Å². The number of nitrogens with one attached hydrogen (secondary N) is 1. The SMILES string of the molecule is Cc1ccc(C)c(Nc2ccccc2C)c1. The average Bonchev–Trinajstić information content (AvgIpc) is 2.27. The van der Waals surface area contributed by atoms with Gasteiger partial charge in [-0.05, 0) is 49.6 Å². The molecule has 0 aliphatic carbocycles. The van der Waals surface area contributed by atoms with E-state index >= 15 is 0 Å². The fourth-order valence-electron chi connectivity index (χ4n) is 1.73. The molecule has 0 heterocycles. The van der Waals surface area contributed by atoms with Crippen LogP contribution in [0.3, 0.4) is 0 Å². The zero-order valence-electron chi connectivity index (χ0n) is 10.0.